The minimum Gasteiger partial charge on any atom is -0.369 e. The second kappa shape index (κ2) is 5.49. The summed E-state index contributed by atoms with van der Waals surface area (Å²) in [7, 11) is 0. The number of nitrogens with one attached hydrogen (secondary N) is 1. The zero-order valence-corrected chi connectivity index (χ0v) is 11.0. The molecule has 1 aliphatic rings. The van der Waals surface area contributed by atoms with Crippen molar-refractivity contribution in [3.8, 4) is 0 Å². The molecular weight excluding hydrogens is 218 g/mol. The van der Waals surface area contributed by atoms with Gasteiger partial charge in [0.15, 0.2) is 0 Å². The third-order valence-corrected chi connectivity index (χ3v) is 3.45. The van der Waals surface area contributed by atoms with Crippen molar-refractivity contribution in [1.82, 2.24) is 10.2 Å². The van der Waals surface area contributed by atoms with Gasteiger partial charge in [-0.25, -0.2) is 0 Å². The Labute approximate surface area is 103 Å². The number of hydrogen-bond acceptors (Lipinski definition) is 3. The van der Waals surface area contributed by atoms with E-state index in [9.17, 15) is 9.59 Å². The number of nitrogens with zero attached hydrogens (tertiary/aromatic N) is 1. The Morgan fingerprint density at radius 1 is 1.53 bits per heavy atom. The predicted molar refractivity (Wildman–Crippen MR) is 66.3 cm³/mol. The highest BCUT2D eigenvalue weighted by atomic mass is 16.2. The molecule has 0 saturated carbocycles. The van der Waals surface area contributed by atoms with Crippen LogP contribution in [-0.4, -0.2) is 42.4 Å². The highest BCUT2D eigenvalue weighted by Crippen LogP contribution is 2.29. The summed E-state index contributed by atoms with van der Waals surface area (Å²) in [4.78, 5) is 25.0. The van der Waals surface area contributed by atoms with Gasteiger partial charge in [-0.2, -0.15) is 0 Å². The molecule has 17 heavy (non-hydrogen) atoms. The minimum absolute atomic E-state index is 0.100. The van der Waals surface area contributed by atoms with Crippen molar-refractivity contribution in [2.45, 2.75) is 39.7 Å². The number of amides is 2. The third-order valence-electron chi connectivity index (χ3n) is 3.45. The topological polar surface area (TPSA) is 75.4 Å². The summed E-state index contributed by atoms with van der Waals surface area (Å²) in [6.45, 7) is 7.78. The van der Waals surface area contributed by atoms with Crippen LogP contribution in [0.15, 0.2) is 0 Å². The van der Waals surface area contributed by atoms with Crippen LogP contribution in [0.5, 0.6) is 0 Å². The number of nitrogens with two attached hydrogens (primary N) is 1. The lowest BCUT2D eigenvalue weighted by Crippen LogP contribution is -2.40. The summed E-state index contributed by atoms with van der Waals surface area (Å²) in [5.41, 5.74) is 4.81. The van der Waals surface area contributed by atoms with E-state index < -0.39 is 5.41 Å². The van der Waals surface area contributed by atoms with E-state index in [0.29, 0.717) is 25.9 Å². The summed E-state index contributed by atoms with van der Waals surface area (Å²) >= 11 is 0. The lowest BCUT2D eigenvalue weighted by atomic mass is 9.89. The fourth-order valence-electron chi connectivity index (χ4n) is 2.19. The van der Waals surface area contributed by atoms with Crippen LogP contribution in [0.3, 0.4) is 0 Å². The molecule has 0 aliphatic carbocycles. The summed E-state index contributed by atoms with van der Waals surface area (Å²) < 4.78 is 0. The normalized spacial score (nSPS) is 25.9. The largest absolute Gasteiger partial charge is 0.369 e. The first-order valence-corrected chi connectivity index (χ1v) is 6.20. The van der Waals surface area contributed by atoms with E-state index in [1.54, 1.807) is 4.90 Å². The van der Waals surface area contributed by atoms with E-state index in [2.05, 4.69) is 5.32 Å². The molecule has 2 amide bonds. The van der Waals surface area contributed by atoms with Crippen molar-refractivity contribution in [2.75, 3.05) is 19.6 Å². The van der Waals surface area contributed by atoms with Gasteiger partial charge >= 0.3 is 0 Å². The molecule has 0 aromatic rings. The molecule has 0 bridgehead atoms. The average Bonchev–Trinajstić information content (AvgIpc) is 2.62. The molecule has 1 fully saturated rings. The molecule has 98 valence electrons. The Bertz CT molecular complexity index is 306. The van der Waals surface area contributed by atoms with E-state index in [1.165, 1.54) is 0 Å². The molecule has 0 spiro atoms. The summed E-state index contributed by atoms with van der Waals surface area (Å²) in [6.07, 6.45) is 1.15. The van der Waals surface area contributed by atoms with Crippen LogP contribution in [0.25, 0.3) is 0 Å². The Kier molecular flexibility index (Phi) is 4.51. The first-order chi connectivity index (χ1) is 7.89. The molecule has 0 radical (unpaired) electrons. The minimum atomic E-state index is -0.545. The quantitative estimate of drug-likeness (QED) is 0.716. The van der Waals surface area contributed by atoms with Crippen LogP contribution in [0.1, 0.15) is 33.6 Å². The third kappa shape index (κ3) is 3.43. The highest BCUT2D eigenvalue weighted by molar-refractivity contribution is 5.83. The van der Waals surface area contributed by atoms with Crippen LogP contribution in [0.2, 0.25) is 0 Å². The second-order valence-corrected chi connectivity index (χ2v) is 5.15. The fourth-order valence-corrected chi connectivity index (χ4v) is 2.19. The number of primary amides is 1. The molecule has 1 aliphatic heterocycles. The lowest BCUT2D eigenvalue weighted by Gasteiger charge is -2.22. The van der Waals surface area contributed by atoms with E-state index in [1.807, 2.05) is 20.8 Å². The van der Waals surface area contributed by atoms with E-state index in [-0.39, 0.29) is 17.9 Å². The first-order valence-electron chi connectivity index (χ1n) is 6.20. The fraction of sp³-hybridized carbons (Fsp3) is 0.833. The standard InChI is InChI=1S/C12H23N3O2/c1-4-14-9(2)7-10(16)15-6-5-12(3,8-15)11(13)17/h9,14H,4-8H2,1-3H3,(H2,13,17). The molecule has 2 unspecified atom stereocenters. The maximum Gasteiger partial charge on any atom is 0.225 e. The van der Waals surface area contributed by atoms with Gasteiger partial charge in [-0.1, -0.05) is 6.92 Å². The van der Waals surface area contributed by atoms with Gasteiger partial charge in [-0.15, -0.1) is 0 Å². The maximum atomic E-state index is 12.0. The van der Waals surface area contributed by atoms with Gasteiger partial charge in [-0.05, 0) is 26.8 Å². The number of carbonyl (C=O) groups is 2. The summed E-state index contributed by atoms with van der Waals surface area (Å²) in [6, 6.07) is 0.174. The van der Waals surface area contributed by atoms with Gasteiger partial charge in [0.1, 0.15) is 0 Å². The van der Waals surface area contributed by atoms with Crippen LogP contribution >= 0.6 is 0 Å². The molecule has 5 nitrogen and oxygen atoms in total. The molecule has 1 saturated heterocycles. The average molecular weight is 241 g/mol. The highest BCUT2D eigenvalue weighted by Gasteiger charge is 2.40. The van der Waals surface area contributed by atoms with Crippen LogP contribution in [0.4, 0.5) is 0 Å². The van der Waals surface area contributed by atoms with Gasteiger partial charge in [0.05, 0.1) is 5.41 Å². The first kappa shape index (κ1) is 14.0. The van der Waals surface area contributed by atoms with Gasteiger partial charge in [0, 0.05) is 25.6 Å². The van der Waals surface area contributed by atoms with Crippen molar-refractivity contribution in [3.05, 3.63) is 0 Å². The molecule has 0 aromatic carbocycles. The van der Waals surface area contributed by atoms with Crippen LogP contribution < -0.4 is 11.1 Å². The van der Waals surface area contributed by atoms with Gasteiger partial charge < -0.3 is 16.0 Å². The maximum absolute atomic E-state index is 12.0. The lowest BCUT2D eigenvalue weighted by molar-refractivity contribution is -0.132. The second-order valence-electron chi connectivity index (χ2n) is 5.15. The molecule has 1 rings (SSSR count). The number of likely N-dealkylation sites (tertiary alicyclic amines) is 1. The molecule has 3 N–H and O–H groups in total. The van der Waals surface area contributed by atoms with Gasteiger partial charge in [0.25, 0.3) is 0 Å². The zero-order chi connectivity index (χ0) is 13.1. The molecule has 1 heterocycles. The number of hydrogen-bond donors (Lipinski definition) is 2. The van der Waals surface area contributed by atoms with Crippen molar-refractivity contribution >= 4 is 11.8 Å². The molecule has 2 atom stereocenters. The summed E-state index contributed by atoms with van der Waals surface area (Å²) in [5.74, 6) is -0.212. The van der Waals surface area contributed by atoms with Gasteiger partial charge in [-0.3, -0.25) is 9.59 Å². The van der Waals surface area contributed by atoms with E-state index in [4.69, 9.17) is 5.73 Å². The SMILES string of the molecule is CCNC(C)CC(=O)N1CCC(C)(C(N)=O)C1. The zero-order valence-electron chi connectivity index (χ0n) is 11.0. The van der Waals surface area contributed by atoms with Crippen molar-refractivity contribution < 1.29 is 9.59 Å². The van der Waals surface area contributed by atoms with Crippen molar-refractivity contribution in [3.63, 3.8) is 0 Å². The number of carbonyl (C=O) groups excluding carboxylic acids is 2. The Balaban J connectivity index is 2.48. The van der Waals surface area contributed by atoms with Crippen LogP contribution in [-0.2, 0) is 9.59 Å². The van der Waals surface area contributed by atoms with E-state index >= 15 is 0 Å². The smallest absolute Gasteiger partial charge is 0.225 e. The summed E-state index contributed by atoms with van der Waals surface area (Å²) in [5, 5.41) is 3.20. The Hall–Kier alpha value is -1.10. The Morgan fingerprint density at radius 2 is 2.18 bits per heavy atom. The van der Waals surface area contributed by atoms with Crippen molar-refractivity contribution in [2.24, 2.45) is 11.1 Å². The molecular formula is C12H23N3O2. The monoisotopic (exact) mass is 241 g/mol. The van der Waals surface area contributed by atoms with Crippen LogP contribution in [0, 0.1) is 5.41 Å². The molecule has 0 aromatic heterocycles. The molecule has 5 heteroatoms. The van der Waals surface area contributed by atoms with E-state index in [0.717, 1.165) is 6.54 Å². The van der Waals surface area contributed by atoms with Crippen molar-refractivity contribution in [1.29, 1.82) is 0 Å². The van der Waals surface area contributed by atoms with Gasteiger partial charge in [0.2, 0.25) is 11.8 Å². The Morgan fingerprint density at radius 3 is 2.65 bits per heavy atom. The number of rotatable bonds is 5. The predicted octanol–water partition coefficient (Wildman–Crippen LogP) is 0.0984.